The number of nitriles is 1. The quantitative estimate of drug-likeness (QED) is 0.225. The lowest BCUT2D eigenvalue weighted by Gasteiger charge is -2.27. The number of benzene rings is 3. The first kappa shape index (κ1) is 24.2. The maximum atomic E-state index is 12.7. The normalized spacial score (nSPS) is 14.5. The van der Waals surface area contributed by atoms with Gasteiger partial charge in [-0.05, 0) is 48.4 Å². The second-order valence-electron chi connectivity index (χ2n) is 8.12. The van der Waals surface area contributed by atoms with Crippen molar-refractivity contribution in [3.8, 4) is 23.3 Å². The third-order valence-corrected chi connectivity index (χ3v) is 6.07. The Morgan fingerprint density at radius 3 is 2.51 bits per heavy atom. The highest BCUT2D eigenvalue weighted by Crippen LogP contribution is 2.45. The molecule has 0 saturated carbocycles. The Labute approximate surface area is 209 Å². The van der Waals surface area contributed by atoms with Crippen molar-refractivity contribution in [3.63, 3.8) is 0 Å². The van der Waals surface area contributed by atoms with Crippen LogP contribution in [-0.4, -0.2) is 12.6 Å². The van der Waals surface area contributed by atoms with E-state index >= 15 is 0 Å². The molecule has 0 spiro atoms. The number of carbonyl (C=O) groups is 1. The number of carbonyl (C=O) groups excluding carboxylic acids is 1. The van der Waals surface area contributed by atoms with E-state index < -0.39 is 11.9 Å². The molecular formula is C28H25ClN2O4. The SMILES string of the molecule is CCCCCOc1ccc(C(=O)Oc2ccc3c(c2)OC(N)=C(C#N)C3c2ccccc2Cl)cc1. The molecule has 1 atom stereocenters. The Bertz CT molecular complexity index is 1300. The Morgan fingerprint density at radius 1 is 1.06 bits per heavy atom. The van der Waals surface area contributed by atoms with E-state index in [1.807, 2.05) is 18.2 Å². The van der Waals surface area contributed by atoms with Crippen LogP contribution in [0.1, 0.15) is 53.6 Å². The standard InChI is InChI=1S/C28H25ClN2O4/c1-2-3-6-15-33-19-11-9-18(10-12-19)28(32)34-20-13-14-22-25(16-20)35-27(31)23(17-30)26(22)21-7-4-5-8-24(21)29/h4-5,7-14,16,26H,2-3,6,15,31H2,1H3. The average molecular weight is 489 g/mol. The van der Waals surface area contributed by atoms with Crippen LogP contribution < -0.4 is 19.9 Å². The van der Waals surface area contributed by atoms with Gasteiger partial charge in [-0.25, -0.2) is 4.79 Å². The van der Waals surface area contributed by atoms with Crippen LogP contribution in [0.2, 0.25) is 5.02 Å². The van der Waals surface area contributed by atoms with Crippen molar-refractivity contribution < 1.29 is 19.0 Å². The molecule has 1 aliphatic heterocycles. The van der Waals surface area contributed by atoms with Crippen LogP contribution in [0.15, 0.2) is 78.2 Å². The summed E-state index contributed by atoms with van der Waals surface area (Å²) in [6.45, 7) is 2.79. The van der Waals surface area contributed by atoms with Crippen molar-refractivity contribution in [1.29, 1.82) is 5.26 Å². The van der Waals surface area contributed by atoms with Gasteiger partial charge in [-0.2, -0.15) is 5.26 Å². The molecule has 3 aromatic carbocycles. The minimum Gasteiger partial charge on any atom is -0.494 e. The highest BCUT2D eigenvalue weighted by molar-refractivity contribution is 6.31. The fraction of sp³-hybridized carbons (Fsp3) is 0.214. The molecule has 1 aliphatic rings. The summed E-state index contributed by atoms with van der Waals surface area (Å²) in [6, 6.07) is 21.2. The van der Waals surface area contributed by atoms with Gasteiger partial charge in [0.25, 0.3) is 0 Å². The van der Waals surface area contributed by atoms with Crippen molar-refractivity contribution >= 4 is 17.6 Å². The first-order chi connectivity index (χ1) is 17.0. The summed E-state index contributed by atoms with van der Waals surface area (Å²) in [5, 5.41) is 10.2. The number of ether oxygens (including phenoxy) is 3. The highest BCUT2D eigenvalue weighted by Gasteiger charge is 2.32. The predicted molar refractivity (Wildman–Crippen MR) is 134 cm³/mol. The number of allylic oxidation sites excluding steroid dienone is 1. The molecule has 0 aliphatic carbocycles. The number of halogens is 1. The smallest absolute Gasteiger partial charge is 0.343 e. The maximum Gasteiger partial charge on any atom is 0.343 e. The molecule has 0 aromatic heterocycles. The Hall–Kier alpha value is -3.95. The molecule has 0 amide bonds. The molecule has 0 fully saturated rings. The van der Waals surface area contributed by atoms with Gasteiger partial charge in [-0.1, -0.05) is 55.6 Å². The van der Waals surface area contributed by atoms with Crippen LogP contribution in [0.3, 0.4) is 0 Å². The molecule has 2 N–H and O–H groups in total. The molecule has 3 aromatic rings. The molecule has 0 saturated heterocycles. The summed E-state index contributed by atoms with van der Waals surface area (Å²) < 4.78 is 17.0. The van der Waals surface area contributed by atoms with Crippen LogP contribution in [0, 0.1) is 11.3 Å². The molecule has 7 heteroatoms. The number of hydrogen-bond donors (Lipinski definition) is 1. The molecule has 178 valence electrons. The fourth-order valence-corrected chi connectivity index (χ4v) is 4.17. The van der Waals surface area contributed by atoms with Crippen molar-refractivity contribution in [3.05, 3.63) is 99.9 Å². The van der Waals surface area contributed by atoms with Gasteiger partial charge in [-0.3, -0.25) is 0 Å². The molecule has 0 radical (unpaired) electrons. The number of nitrogens with two attached hydrogens (primary N) is 1. The molecule has 1 unspecified atom stereocenters. The minimum atomic E-state index is -0.512. The molecule has 4 rings (SSSR count). The summed E-state index contributed by atoms with van der Waals surface area (Å²) in [7, 11) is 0. The number of fused-ring (bicyclic) bond motifs is 1. The van der Waals surface area contributed by atoms with E-state index in [0.717, 1.165) is 24.8 Å². The van der Waals surface area contributed by atoms with Crippen molar-refractivity contribution in [2.45, 2.75) is 32.1 Å². The van der Waals surface area contributed by atoms with Gasteiger partial charge in [0, 0.05) is 16.7 Å². The molecular weight excluding hydrogens is 464 g/mol. The third kappa shape index (κ3) is 5.42. The first-order valence-corrected chi connectivity index (χ1v) is 11.8. The lowest BCUT2D eigenvalue weighted by molar-refractivity contribution is 0.0734. The van der Waals surface area contributed by atoms with E-state index in [2.05, 4.69) is 13.0 Å². The number of unbranched alkanes of at least 4 members (excludes halogenated alkanes) is 2. The summed E-state index contributed by atoms with van der Waals surface area (Å²) in [5.41, 5.74) is 8.16. The number of esters is 1. The number of nitrogens with zero attached hydrogens (tertiary/aromatic N) is 1. The zero-order valence-corrected chi connectivity index (χ0v) is 20.0. The van der Waals surface area contributed by atoms with Gasteiger partial charge in [0.05, 0.1) is 18.1 Å². The maximum absolute atomic E-state index is 12.7. The average Bonchev–Trinajstić information content (AvgIpc) is 2.86. The van der Waals surface area contributed by atoms with Crippen LogP contribution in [0.4, 0.5) is 0 Å². The Kier molecular flexibility index (Phi) is 7.59. The molecule has 0 bridgehead atoms. The first-order valence-electron chi connectivity index (χ1n) is 11.4. The molecule has 1 heterocycles. The van der Waals surface area contributed by atoms with E-state index in [4.69, 9.17) is 31.5 Å². The minimum absolute atomic E-state index is 0.0112. The van der Waals surface area contributed by atoms with Gasteiger partial charge in [0.1, 0.15) is 28.9 Å². The number of rotatable bonds is 8. The van der Waals surface area contributed by atoms with Crippen molar-refractivity contribution in [2.75, 3.05) is 6.61 Å². The largest absolute Gasteiger partial charge is 0.494 e. The van der Waals surface area contributed by atoms with Gasteiger partial charge in [0.15, 0.2) is 0 Å². The van der Waals surface area contributed by atoms with E-state index in [1.165, 1.54) is 0 Å². The second kappa shape index (κ2) is 11.0. The van der Waals surface area contributed by atoms with Gasteiger partial charge in [0.2, 0.25) is 5.88 Å². The third-order valence-electron chi connectivity index (χ3n) is 5.72. The van der Waals surface area contributed by atoms with Gasteiger partial charge >= 0.3 is 5.97 Å². The van der Waals surface area contributed by atoms with Crippen molar-refractivity contribution in [1.82, 2.24) is 0 Å². The number of hydrogen-bond acceptors (Lipinski definition) is 6. The van der Waals surface area contributed by atoms with E-state index in [0.29, 0.717) is 40.0 Å². The van der Waals surface area contributed by atoms with Crippen molar-refractivity contribution in [2.24, 2.45) is 5.73 Å². The van der Waals surface area contributed by atoms with Crippen LogP contribution in [0.5, 0.6) is 17.2 Å². The fourth-order valence-electron chi connectivity index (χ4n) is 3.92. The lowest BCUT2D eigenvalue weighted by Crippen LogP contribution is -2.21. The summed E-state index contributed by atoms with van der Waals surface area (Å²) in [6.07, 6.45) is 3.24. The molecule has 35 heavy (non-hydrogen) atoms. The van der Waals surface area contributed by atoms with E-state index in [9.17, 15) is 10.1 Å². The zero-order chi connectivity index (χ0) is 24.8. The summed E-state index contributed by atoms with van der Waals surface area (Å²) in [4.78, 5) is 12.7. The van der Waals surface area contributed by atoms with Crippen LogP contribution in [-0.2, 0) is 0 Å². The highest BCUT2D eigenvalue weighted by atomic mass is 35.5. The Morgan fingerprint density at radius 2 is 1.80 bits per heavy atom. The zero-order valence-electron chi connectivity index (χ0n) is 19.3. The summed E-state index contributed by atoms with van der Waals surface area (Å²) in [5.74, 6) is 0.380. The lowest BCUT2D eigenvalue weighted by atomic mass is 9.83. The van der Waals surface area contributed by atoms with E-state index in [-0.39, 0.29) is 11.5 Å². The van der Waals surface area contributed by atoms with Gasteiger partial charge in [-0.15, -0.1) is 0 Å². The van der Waals surface area contributed by atoms with Crippen LogP contribution in [0.25, 0.3) is 0 Å². The Balaban J connectivity index is 1.52. The van der Waals surface area contributed by atoms with Gasteiger partial charge < -0.3 is 19.9 Å². The van der Waals surface area contributed by atoms with E-state index in [1.54, 1.807) is 48.5 Å². The summed E-state index contributed by atoms with van der Waals surface area (Å²) >= 11 is 6.42. The second-order valence-corrected chi connectivity index (χ2v) is 8.52. The topological polar surface area (TPSA) is 94.6 Å². The monoisotopic (exact) mass is 488 g/mol. The van der Waals surface area contributed by atoms with Crippen LogP contribution >= 0.6 is 11.6 Å². The predicted octanol–water partition coefficient (Wildman–Crippen LogP) is 6.35. The molecule has 6 nitrogen and oxygen atoms in total.